The van der Waals surface area contributed by atoms with Crippen molar-refractivity contribution in [2.24, 2.45) is 0 Å². The predicted molar refractivity (Wildman–Crippen MR) is 66.5 cm³/mol. The van der Waals surface area contributed by atoms with Crippen LogP contribution in [0.4, 0.5) is 0 Å². The smallest absolute Gasteiger partial charge is 0.0357 e. The second-order valence-electron chi connectivity index (χ2n) is 2.69. The Kier molecular flexibility index (Phi) is 2.35. The van der Waals surface area contributed by atoms with Gasteiger partial charge in [-0.05, 0) is 52.6 Å². The second-order valence-corrected chi connectivity index (χ2v) is 5.16. The molecule has 0 aliphatic heterocycles. The number of benzene rings is 1. The molecular formula is C9H7IS2. The number of thiol groups is 1. The molecule has 1 aromatic heterocycles. The second kappa shape index (κ2) is 3.20. The van der Waals surface area contributed by atoms with E-state index in [1.807, 2.05) is 0 Å². The lowest BCUT2D eigenvalue weighted by molar-refractivity contribution is 1.37. The van der Waals surface area contributed by atoms with E-state index in [1.54, 1.807) is 11.3 Å². The quantitative estimate of drug-likeness (QED) is 0.550. The summed E-state index contributed by atoms with van der Waals surface area (Å²) in [5.41, 5.74) is 1.32. The molecule has 0 amide bonds. The molecular weight excluding hydrogens is 299 g/mol. The van der Waals surface area contributed by atoms with Crippen molar-refractivity contribution in [1.29, 1.82) is 0 Å². The molecule has 62 valence electrons. The number of rotatable bonds is 0. The average Bonchev–Trinajstić information content (AvgIpc) is 2.48. The van der Waals surface area contributed by atoms with Gasteiger partial charge in [-0.25, -0.2) is 0 Å². The van der Waals surface area contributed by atoms with E-state index >= 15 is 0 Å². The van der Waals surface area contributed by atoms with Crippen LogP contribution in [0.15, 0.2) is 22.4 Å². The van der Waals surface area contributed by atoms with Crippen molar-refractivity contribution in [3.8, 4) is 0 Å². The molecule has 1 aromatic carbocycles. The molecule has 0 atom stereocenters. The van der Waals surface area contributed by atoms with Crippen LogP contribution in [0, 0.1) is 10.5 Å². The van der Waals surface area contributed by atoms with Gasteiger partial charge in [0, 0.05) is 18.6 Å². The normalized spacial score (nSPS) is 10.9. The summed E-state index contributed by atoms with van der Waals surface area (Å²) in [6, 6.07) is 4.35. The highest BCUT2D eigenvalue weighted by Crippen LogP contribution is 2.32. The maximum absolute atomic E-state index is 4.50. The number of halogens is 1. The van der Waals surface area contributed by atoms with E-state index in [2.05, 4.69) is 59.7 Å². The van der Waals surface area contributed by atoms with Crippen LogP contribution in [0.25, 0.3) is 10.1 Å². The zero-order chi connectivity index (χ0) is 8.72. The summed E-state index contributed by atoms with van der Waals surface area (Å²) in [7, 11) is 0. The Hall–Kier alpha value is 0.260. The first-order valence-corrected chi connectivity index (χ1v) is 5.96. The summed E-state index contributed by atoms with van der Waals surface area (Å²) < 4.78 is 2.60. The molecule has 0 saturated carbocycles. The van der Waals surface area contributed by atoms with E-state index in [9.17, 15) is 0 Å². The van der Waals surface area contributed by atoms with E-state index in [0.29, 0.717) is 0 Å². The molecule has 0 fully saturated rings. The first-order valence-electron chi connectivity index (χ1n) is 3.55. The first kappa shape index (κ1) is 8.84. The van der Waals surface area contributed by atoms with Crippen LogP contribution in [0.3, 0.4) is 0 Å². The highest BCUT2D eigenvalue weighted by Gasteiger charge is 2.05. The van der Waals surface area contributed by atoms with Crippen LogP contribution in [0.1, 0.15) is 5.56 Å². The fraction of sp³-hybridized carbons (Fsp3) is 0.111. The van der Waals surface area contributed by atoms with E-state index in [0.717, 1.165) is 4.90 Å². The van der Waals surface area contributed by atoms with Gasteiger partial charge in [-0.3, -0.25) is 0 Å². The number of hydrogen-bond donors (Lipinski definition) is 1. The van der Waals surface area contributed by atoms with Crippen molar-refractivity contribution in [1.82, 2.24) is 0 Å². The van der Waals surface area contributed by atoms with Crippen LogP contribution >= 0.6 is 46.6 Å². The van der Waals surface area contributed by atoms with Crippen molar-refractivity contribution < 1.29 is 0 Å². The van der Waals surface area contributed by atoms with Gasteiger partial charge in [0.15, 0.2) is 0 Å². The van der Waals surface area contributed by atoms with Gasteiger partial charge >= 0.3 is 0 Å². The molecule has 0 radical (unpaired) electrons. The SMILES string of the molecule is Cc1cc2sccc2c(S)c1I. The number of hydrogen-bond acceptors (Lipinski definition) is 2. The Labute approximate surface area is 94.5 Å². The molecule has 12 heavy (non-hydrogen) atoms. The third-order valence-corrected chi connectivity index (χ3v) is 5.00. The van der Waals surface area contributed by atoms with E-state index in [4.69, 9.17) is 0 Å². The molecule has 0 saturated heterocycles. The van der Waals surface area contributed by atoms with Gasteiger partial charge < -0.3 is 0 Å². The lowest BCUT2D eigenvalue weighted by Crippen LogP contribution is -1.81. The Bertz CT molecular complexity index is 431. The molecule has 0 unspecified atom stereocenters. The maximum atomic E-state index is 4.50. The molecule has 0 spiro atoms. The molecule has 0 bridgehead atoms. The minimum Gasteiger partial charge on any atom is -0.144 e. The zero-order valence-electron chi connectivity index (χ0n) is 6.47. The monoisotopic (exact) mass is 306 g/mol. The standard InChI is InChI=1S/C9H7IS2/c1-5-4-7-6(2-3-12-7)9(11)8(5)10/h2-4,11H,1H3. The Morgan fingerprint density at radius 1 is 1.50 bits per heavy atom. The van der Waals surface area contributed by atoms with Gasteiger partial charge in [-0.2, -0.15) is 0 Å². The molecule has 2 rings (SSSR count). The minimum absolute atomic E-state index is 1.12. The summed E-state index contributed by atoms with van der Waals surface area (Å²) >= 11 is 8.61. The van der Waals surface area contributed by atoms with E-state index in [1.165, 1.54) is 19.2 Å². The fourth-order valence-electron chi connectivity index (χ4n) is 1.19. The van der Waals surface area contributed by atoms with Crippen molar-refractivity contribution in [3.63, 3.8) is 0 Å². The molecule has 0 aliphatic carbocycles. The van der Waals surface area contributed by atoms with E-state index < -0.39 is 0 Å². The fourth-order valence-corrected chi connectivity index (χ4v) is 2.98. The van der Waals surface area contributed by atoms with Crippen LogP contribution in [0.5, 0.6) is 0 Å². The lowest BCUT2D eigenvalue weighted by atomic mass is 10.2. The number of aryl methyl sites for hydroxylation is 1. The van der Waals surface area contributed by atoms with Crippen molar-refractivity contribution in [2.75, 3.05) is 0 Å². The van der Waals surface area contributed by atoms with Gasteiger partial charge in [0.05, 0.1) is 0 Å². The molecule has 0 N–H and O–H groups in total. The van der Waals surface area contributed by atoms with Gasteiger partial charge in [0.1, 0.15) is 0 Å². The molecule has 1 heterocycles. The summed E-state index contributed by atoms with van der Waals surface area (Å²) in [5, 5.41) is 3.39. The highest BCUT2D eigenvalue weighted by atomic mass is 127. The summed E-state index contributed by atoms with van der Waals surface area (Å²) in [5.74, 6) is 0. The van der Waals surface area contributed by atoms with Gasteiger partial charge in [-0.15, -0.1) is 24.0 Å². The number of thiophene rings is 1. The van der Waals surface area contributed by atoms with Crippen molar-refractivity contribution in [2.45, 2.75) is 11.8 Å². The van der Waals surface area contributed by atoms with Crippen molar-refractivity contribution in [3.05, 3.63) is 26.6 Å². The van der Waals surface area contributed by atoms with Crippen LogP contribution < -0.4 is 0 Å². The van der Waals surface area contributed by atoms with Crippen LogP contribution in [-0.2, 0) is 0 Å². The minimum atomic E-state index is 1.12. The first-order chi connectivity index (χ1) is 5.70. The summed E-state index contributed by atoms with van der Waals surface area (Å²) in [6.07, 6.45) is 0. The predicted octanol–water partition coefficient (Wildman–Crippen LogP) is 4.10. The highest BCUT2D eigenvalue weighted by molar-refractivity contribution is 14.1. The van der Waals surface area contributed by atoms with Gasteiger partial charge in [-0.1, -0.05) is 0 Å². The topological polar surface area (TPSA) is 0 Å². The Morgan fingerprint density at radius 2 is 2.25 bits per heavy atom. The zero-order valence-corrected chi connectivity index (χ0v) is 10.3. The molecule has 0 aliphatic rings. The summed E-state index contributed by atoms with van der Waals surface area (Å²) in [4.78, 5) is 1.12. The van der Waals surface area contributed by atoms with E-state index in [-0.39, 0.29) is 0 Å². The van der Waals surface area contributed by atoms with Gasteiger partial charge in [0.25, 0.3) is 0 Å². The Balaban J connectivity index is 2.94. The average molecular weight is 306 g/mol. The number of fused-ring (bicyclic) bond motifs is 1. The molecule has 0 nitrogen and oxygen atoms in total. The third-order valence-electron chi connectivity index (χ3n) is 1.85. The summed E-state index contributed by atoms with van der Waals surface area (Å²) in [6.45, 7) is 2.13. The molecule has 2 aromatic rings. The lowest BCUT2D eigenvalue weighted by Gasteiger charge is -2.02. The maximum Gasteiger partial charge on any atom is 0.0357 e. The van der Waals surface area contributed by atoms with Crippen molar-refractivity contribution >= 4 is 56.6 Å². The van der Waals surface area contributed by atoms with Gasteiger partial charge in [0.2, 0.25) is 0 Å². The third kappa shape index (κ3) is 1.28. The van der Waals surface area contributed by atoms with Crippen LogP contribution in [-0.4, -0.2) is 0 Å². The van der Waals surface area contributed by atoms with Crippen LogP contribution in [0.2, 0.25) is 0 Å². The largest absolute Gasteiger partial charge is 0.144 e. The molecule has 3 heteroatoms. The Morgan fingerprint density at radius 3 is 3.00 bits per heavy atom.